The summed E-state index contributed by atoms with van der Waals surface area (Å²) in [6.45, 7) is 0. The van der Waals surface area contributed by atoms with E-state index in [0.717, 1.165) is 29.2 Å². The SMILES string of the molecule is COc1ccc(-c2c[nH]c3ccnc(Cl)c3c2=O)cc1CC1CC1. The maximum atomic E-state index is 12.9. The molecule has 24 heavy (non-hydrogen) atoms. The van der Waals surface area contributed by atoms with Crippen LogP contribution >= 0.6 is 11.6 Å². The summed E-state index contributed by atoms with van der Waals surface area (Å²) in [5, 5.41) is 0.651. The second kappa shape index (κ2) is 5.95. The minimum absolute atomic E-state index is 0.107. The molecular weight excluding hydrogens is 324 g/mol. The van der Waals surface area contributed by atoms with Crippen molar-refractivity contribution in [1.82, 2.24) is 9.97 Å². The van der Waals surface area contributed by atoms with Crippen LogP contribution in [0, 0.1) is 5.92 Å². The van der Waals surface area contributed by atoms with Crippen molar-refractivity contribution in [3.05, 3.63) is 57.6 Å². The lowest BCUT2D eigenvalue weighted by Crippen LogP contribution is -2.08. The predicted octanol–water partition coefficient (Wildman–Crippen LogP) is 4.20. The van der Waals surface area contributed by atoms with Gasteiger partial charge in [0.25, 0.3) is 0 Å². The molecule has 1 aliphatic rings. The number of hydrogen-bond donors (Lipinski definition) is 1. The van der Waals surface area contributed by atoms with Gasteiger partial charge in [-0.25, -0.2) is 4.98 Å². The number of rotatable bonds is 4. The Hall–Kier alpha value is -2.33. The van der Waals surface area contributed by atoms with Gasteiger partial charge in [-0.15, -0.1) is 0 Å². The number of pyridine rings is 2. The maximum Gasteiger partial charge on any atom is 0.200 e. The van der Waals surface area contributed by atoms with Crippen LogP contribution in [0.2, 0.25) is 5.15 Å². The topological polar surface area (TPSA) is 55.0 Å². The quantitative estimate of drug-likeness (QED) is 0.724. The molecule has 5 heteroatoms. The molecule has 0 bridgehead atoms. The number of fused-ring (bicyclic) bond motifs is 1. The van der Waals surface area contributed by atoms with E-state index < -0.39 is 0 Å². The molecule has 0 aliphatic heterocycles. The molecule has 4 rings (SSSR count). The lowest BCUT2D eigenvalue weighted by atomic mass is 9.99. The minimum atomic E-state index is -0.107. The monoisotopic (exact) mass is 340 g/mol. The third-order valence-electron chi connectivity index (χ3n) is 4.55. The van der Waals surface area contributed by atoms with Crippen molar-refractivity contribution >= 4 is 22.5 Å². The Bertz CT molecular complexity index is 977. The molecule has 1 N–H and O–H groups in total. The lowest BCUT2D eigenvalue weighted by molar-refractivity contribution is 0.409. The second-order valence-corrected chi connectivity index (χ2v) is 6.59. The number of methoxy groups -OCH3 is 1. The van der Waals surface area contributed by atoms with E-state index in [1.54, 1.807) is 25.6 Å². The van der Waals surface area contributed by atoms with E-state index in [1.165, 1.54) is 12.8 Å². The summed E-state index contributed by atoms with van der Waals surface area (Å²) >= 11 is 6.13. The van der Waals surface area contributed by atoms with Gasteiger partial charge in [-0.05, 0) is 54.5 Å². The lowest BCUT2D eigenvalue weighted by Gasteiger charge is -2.11. The molecular formula is C19H17ClN2O2. The van der Waals surface area contributed by atoms with Gasteiger partial charge < -0.3 is 9.72 Å². The van der Waals surface area contributed by atoms with E-state index in [9.17, 15) is 4.79 Å². The Morgan fingerprint density at radius 2 is 2.17 bits per heavy atom. The van der Waals surface area contributed by atoms with Gasteiger partial charge in [0.1, 0.15) is 10.9 Å². The molecule has 0 unspecified atom stereocenters. The Balaban J connectivity index is 1.86. The highest BCUT2D eigenvalue weighted by Gasteiger charge is 2.23. The van der Waals surface area contributed by atoms with Crippen molar-refractivity contribution in [2.75, 3.05) is 7.11 Å². The van der Waals surface area contributed by atoms with Crippen LogP contribution in [-0.4, -0.2) is 17.1 Å². The van der Waals surface area contributed by atoms with E-state index >= 15 is 0 Å². The van der Waals surface area contributed by atoms with Crippen molar-refractivity contribution in [3.8, 4) is 16.9 Å². The van der Waals surface area contributed by atoms with Gasteiger partial charge in [0, 0.05) is 18.0 Å². The first-order valence-corrected chi connectivity index (χ1v) is 8.38. The molecule has 3 aromatic rings. The number of aromatic nitrogens is 2. The number of hydrogen-bond acceptors (Lipinski definition) is 3. The number of benzene rings is 1. The molecule has 1 fully saturated rings. The molecule has 0 amide bonds. The number of halogens is 1. The fourth-order valence-corrected chi connectivity index (χ4v) is 3.32. The molecule has 2 heterocycles. The fourth-order valence-electron chi connectivity index (χ4n) is 3.08. The Morgan fingerprint density at radius 3 is 2.92 bits per heavy atom. The molecule has 0 radical (unpaired) electrons. The van der Waals surface area contributed by atoms with Crippen LogP contribution in [0.1, 0.15) is 18.4 Å². The molecule has 4 nitrogen and oxygen atoms in total. The average molecular weight is 341 g/mol. The molecule has 2 aromatic heterocycles. The molecule has 122 valence electrons. The maximum absolute atomic E-state index is 12.9. The highest BCUT2D eigenvalue weighted by atomic mass is 35.5. The van der Waals surface area contributed by atoms with E-state index in [1.807, 2.05) is 12.1 Å². The summed E-state index contributed by atoms with van der Waals surface area (Å²) in [5.41, 5.74) is 3.20. The summed E-state index contributed by atoms with van der Waals surface area (Å²) < 4.78 is 5.47. The van der Waals surface area contributed by atoms with E-state index in [2.05, 4.69) is 16.0 Å². The van der Waals surface area contributed by atoms with E-state index in [4.69, 9.17) is 16.3 Å². The van der Waals surface area contributed by atoms with Crippen molar-refractivity contribution in [2.45, 2.75) is 19.3 Å². The Kier molecular flexibility index (Phi) is 3.77. The Morgan fingerprint density at radius 1 is 1.33 bits per heavy atom. The van der Waals surface area contributed by atoms with Gasteiger partial charge in [-0.1, -0.05) is 17.7 Å². The first kappa shape index (κ1) is 15.2. The summed E-state index contributed by atoms with van der Waals surface area (Å²) in [4.78, 5) is 20.0. The van der Waals surface area contributed by atoms with Gasteiger partial charge in [-0.3, -0.25) is 4.79 Å². The first-order valence-electron chi connectivity index (χ1n) is 8.00. The number of aromatic amines is 1. The molecule has 0 spiro atoms. The van der Waals surface area contributed by atoms with Crippen LogP contribution in [0.5, 0.6) is 5.75 Å². The Labute approximate surface area is 144 Å². The summed E-state index contributed by atoms with van der Waals surface area (Å²) in [7, 11) is 1.68. The van der Waals surface area contributed by atoms with Gasteiger partial charge in [0.2, 0.25) is 0 Å². The highest BCUT2D eigenvalue weighted by Crippen LogP contribution is 2.36. The average Bonchev–Trinajstić information content (AvgIpc) is 3.39. The molecule has 1 aliphatic carbocycles. The van der Waals surface area contributed by atoms with Crippen LogP contribution in [0.25, 0.3) is 22.0 Å². The highest BCUT2D eigenvalue weighted by molar-refractivity contribution is 6.34. The normalized spacial score (nSPS) is 14.1. The molecule has 0 atom stereocenters. The second-order valence-electron chi connectivity index (χ2n) is 6.23. The zero-order valence-electron chi connectivity index (χ0n) is 13.3. The van der Waals surface area contributed by atoms with E-state index in [-0.39, 0.29) is 10.6 Å². The van der Waals surface area contributed by atoms with Crippen LogP contribution in [0.4, 0.5) is 0 Å². The zero-order chi connectivity index (χ0) is 16.7. The van der Waals surface area contributed by atoms with Crippen LogP contribution in [0.15, 0.2) is 41.5 Å². The number of nitrogens with zero attached hydrogens (tertiary/aromatic N) is 1. The smallest absolute Gasteiger partial charge is 0.200 e. The molecule has 1 saturated carbocycles. The standard InChI is InChI=1S/C19H17ClN2O2/c1-24-16-5-4-12(9-13(16)8-11-2-3-11)14-10-22-15-6-7-21-19(20)17(15)18(14)23/h4-7,9-11H,2-3,8H2,1H3,(H,22,23). The van der Waals surface area contributed by atoms with Gasteiger partial charge in [0.05, 0.1) is 18.0 Å². The third kappa shape index (κ3) is 2.67. The largest absolute Gasteiger partial charge is 0.496 e. The first-order chi connectivity index (χ1) is 11.7. The number of ether oxygens (including phenoxy) is 1. The van der Waals surface area contributed by atoms with Gasteiger partial charge >= 0.3 is 0 Å². The zero-order valence-corrected chi connectivity index (χ0v) is 14.1. The summed E-state index contributed by atoms with van der Waals surface area (Å²) in [5.74, 6) is 1.62. The predicted molar refractivity (Wildman–Crippen MR) is 95.8 cm³/mol. The van der Waals surface area contributed by atoms with Gasteiger partial charge in [-0.2, -0.15) is 0 Å². The number of H-pyrrole nitrogens is 1. The van der Waals surface area contributed by atoms with Gasteiger partial charge in [0.15, 0.2) is 5.43 Å². The van der Waals surface area contributed by atoms with Crippen LogP contribution < -0.4 is 10.2 Å². The van der Waals surface area contributed by atoms with Crippen molar-refractivity contribution in [3.63, 3.8) is 0 Å². The fraction of sp³-hybridized carbons (Fsp3) is 0.263. The van der Waals surface area contributed by atoms with E-state index in [0.29, 0.717) is 16.5 Å². The summed E-state index contributed by atoms with van der Waals surface area (Å²) in [6, 6.07) is 7.65. The minimum Gasteiger partial charge on any atom is -0.496 e. The number of nitrogens with one attached hydrogen (secondary N) is 1. The van der Waals surface area contributed by atoms with Crippen molar-refractivity contribution in [1.29, 1.82) is 0 Å². The summed E-state index contributed by atoms with van der Waals surface area (Å²) in [6.07, 6.45) is 6.85. The molecule has 0 saturated heterocycles. The van der Waals surface area contributed by atoms with Crippen molar-refractivity contribution in [2.24, 2.45) is 5.92 Å². The van der Waals surface area contributed by atoms with Crippen molar-refractivity contribution < 1.29 is 4.74 Å². The van der Waals surface area contributed by atoms with Crippen LogP contribution in [-0.2, 0) is 6.42 Å². The van der Waals surface area contributed by atoms with Crippen LogP contribution in [0.3, 0.4) is 0 Å². The third-order valence-corrected chi connectivity index (χ3v) is 4.83. The molecule has 1 aromatic carbocycles.